The molecule has 0 amide bonds. The van der Waals surface area contributed by atoms with Crippen molar-refractivity contribution in [2.24, 2.45) is 0 Å². The second kappa shape index (κ2) is 5.25. The smallest absolute Gasteiger partial charge is 0.0661 e. The number of piperidine rings is 1. The SMILES string of the molecule is C=C1CCC(Nc2ccc(C(C)C)nc2)C(=C)N1. The topological polar surface area (TPSA) is 37.0 Å². The Hall–Kier alpha value is -1.77. The van der Waals surface area contributed by atoms with Gasteiger partial charge in [-0.15, -0.1) is 0 Å². The molecule has 1 unspecified atom stereocenters. The van der Waals surface area contributed by atoms with Gasteiger partial charge in [-0.1, -0.05) is 27.0 Å². The zero-order valence-corrected chi connectivity index (χ0v) is 11.2. The molecule has 2 heterocycles. The summed E-state index contributed by atoms with van der Waals surface area (Å²) < 4.78 is 0. The summed E-state index contributed by atoms with van der Waals surface area (Å²) in [5, 5.41) is 6.66. The molecular formula is C15H21N3. The van der Waals surface area contributed by atoms with E-state index in [0.717, 1.165) is 35.6 Å². The molecule has 0 spiro atoms. The summed E-state index contributed by atoms with van der Waals surface area (Å²) in [6, 6.07) is 4.41. The van der Waals surface area contributed by atoms with Crippen molar-refractivity contribution in [2.45, 2.75) is 38.6 Å². The number of allylic oxidation sites excluding steroid dienone is 1. The van der Waals surface area contributed by atoms with Crippen LogP contribution in [0, 0.1) is 0 Å². The molecule has 0 radical (unpaired) electrons. The van der Waals surface area contributed by atoms with E-state index in [9.17, 15) is 0 Å². The number of nitrogens with zero attached hydrogens (tertiary/aromatic N) is 1. The van der Waals surface area contributed by atoms with Crippen LogP contribution in [0.1, 0.15) is 38.3 Å². The van der Waals surface area contributed by atoms with Crippen LogP contribution in [0.4, 0.5) is 5.69 Å². The van der Waals surface area contributed by atoms with Gasteiger partial charge in [-0.2, -0.15) is 0 Å². The molecule has 1 saturated heterocycles. The standard InChI is InChI=1S/C15H21N3/c1-10(2)14-8-6-13(9-16-14)18-15-7-5-11(3)17-12(15)4/h6,8-10,15,17-18H,3-5,7H2,1-2H3. The summed E-state index contributed by atoms with van der Waals surface area (Å²) in [5.74, 6) is 0.466. The fraction of sp³-hybridized carbons (Fsp3) is 0.400. The van der Waals surface area contributed by atoms with Crippen LogP contribution in [0.15, 0.2) is 42.9 Å². The van der Waals surface area contributed by atoms with Gasteiger partial charge in [-0.25, -0.2) is 0 Å². The monoisotopic (exact) mass is 243 g/mol. The quantitative estimate of drug-likeness (QED) is 0.854. The fourth-order valence-corrected chi connectivity index (χ4v) is 2.06. The summed E-state index contributed by atoms with van der Waals surface area (Å²) in [6.45, 7) is 12.3. The Kier molecular flexibility index (Phi) is 3.70. The van der Waals surface area contributed by atoms with E-state index in [0.29, 0.717) is 5.92 Å². The first-order chi connectivity index (χ1) is 8.56. The van der Waals surface area contributed by atoms with E-state index in [1.165, 1.54) is 0 Å². The highest BCUT2D eigenvalue weighted by Crippen LogP contribution is 2.21. The fourth-order valence-electron chi connectivity index (χ4n) is 2.06. The average Bonchev–Trinajstić information content (AvgIpc) is 2.33. The summed E-state index contributed by atoms with van der Waals surface area (Å²) in [5.41, 5.74) is 4.19. The van der Waals surface area contributed by atoms with Gasteiger partial charge in [0.2, 0.25) is 0 Å². The number of anilines is 1. The van der Waals surface area contributed by atoms with Gasteiger partial charge in [-0.05, 0) is 30.9 Å². The molecule has 0 aliphatic carbocycles. The van der Waals surface area contributed by atoms with Crippen molar-refractivity contribution in [3.8, 4) is 0 Å². The van der Waals surface area contributed by atoms with Crippen LogP contribution in [0.25, 0.3) is 0 Å². The number of nitrogens with one attached hydrogen (secondary N) is 2. The number of aromatic nitrogens is 1. The van der Waals surface area contributed by atoms with Gasteiger partial charge in [0.15, 0.2) is 0 Å². The normalized spacial score (nSPS) is 19.8. The van der Waals surface area contributed by atoms with Crippen LogP contribution in [0.5, 0.6) is 0 Å². The number of hydrogen-bond acceptors (Lipinski definition) is 3. The third kappa shape index (κ3) is 2.92. The van der Waals surface area contributed by atoms with Gasteiger partial charge in [0.05, 0.1) is 17.9 Å². The Labute approximate surface area is 109 Å². The third-order valence-corrected chi connectivity index (χ3v) is 3.21. The number of rotatable bonds is 3. The molecule has 0 bridgehead atoms. The molecule has 1 aromatic heterocycles. The van der Waals surface area contributed by atoms with Crippen molar-refractivity contribution in [3.63, 3.8) is 0 Å². The summed E-state index contributed by atoms with van der Waals surface area (Å²) >= 11 is 0. The summed E-state index contributed by atoms with van der Waals surface area (Å²) in [4.78, 5) is 4.45. The molecule has 2 rings (SSSR count). The van der Waals surface area contributed by atoms with Crippen molar-refractivity contribution in [1.82, 2.24) is 10.3 Å². The predicted octanol–water partition coefficient (Wildman–Crippen LogP) is 3.40. The highest BCUT2D eigenvalue weighted by molar-refractivity contribution is 5.44. The lowest BCUT2D eigenvalue weighted by molar-refractivity contribution is 0.613. The molecule has 1 aromatic rings. The van der Waals surface area contributed by atoms with Gasteiger partial charge < -0.3 is 10.6 Å². The van der Waals surface area contributed by atoms with E-state index < -0.39 is 0 Å². The predicted molar refractivity (Wildman–Crippen MR) is 76.4 cm³/mol. The minimum Gasteiger partial charge on any atom is -0.376 e. The molecule has 2 N–H and O–H groups in total. The highest BCUT2D eigenvalue weighted by atomic mass is 15.0. The average molecular weight is 243 g/mol. The van der Waals surface area contributed by atoms with E-state index in [1.807, 2.05) is 6.20 Å². The molecular weight excluding hydrogens is 222 g/mol. The first kappa shape index (κ1) is 12.7. The minimum atomic E-state index is 0.252. The van der Waals surface area contributed by atoms with Crippen LogP contribution in [-0.4, -0.2) is 11.0 Å². The van der Waals surface area contributed by atoms with Gasteiger partial charge in [0.1, 0.15) is 0 Å². The Morgan fingerprint density at radius 3 is 2.72 bits per heavy atom. The Morgan fingerprint density at radius 1 is 1.39 bits per heavy atom. The summed E-state index contributed by atoms with van der Waals surface area (Å²) in [6.07, 6.45) is 3.90. The lowest BCUT2D eigenvalue weighted by atomic mass is 10.0. The molecule has 96 valence electrons. The van der Waals surface area contributed by atoms with Gasteiger partial charge in [0, 0.05) is 17.1 Å². The minimum absolute atomic E-state index is 0.252. The number of pyridine rings is 1. The molecule has 3 heteroatoms. The van der Waals surface area contributed by atoms with Crippen molar-refractivity contribution >= 4 is 5.69 Å². The van der Waals surface area contributed by atoms with Crippen molar-refractivity contribution < 1.29 is 0 Å². The maximum Gasteiger partial charge on any atom is 0.0661 e. The van der Waals surface area contributed by atoms with Crippen molar-refractivity contribution in [3.05, 3.63) is 48.6 Å². The Bertz CT molecular complexity index is 445. The second-order valence-electron chi connectivity index (χ2n) is 5.12. The lowest BCUT2D eigenvalue weighted by Gasteiger charge is -2.29. The first-order valence-electron chi connectivity index (χ1n) is 6.42. The van der Waals surface area contributed by atoms with E-state index in [2.05, 4.69) is 54.8 Å². The zero-order valence-electron chi connectivity index (χ0n) is 11.2. The van der Waals surface area contributed by atoms with E-state index in [-0.39, 0.29) is 6.04 Å². The maximum absolute atomic E-state index is 4.45. The van der Waals surface area contributed by atoms with Crippen molar-refractivity contribution in [2.75, 3.05) is 5.32 Å². The van der Waals surface area contributed by atoms with Crippen LogP contribution in [0.2, 0.25) is 0 Å². The molecule has 18 heavy (non-hydrogen) atoms. The van der Waals surface area contributed by atoms with Gasteiger partial charge in [-0.3, -0.25) is 4.98 Å². The molecule has 1 aliphatic heterocycles. The van der Waals surface area contributed by atoms with Gasteiger partial charge >= 0.3 is 0 Å². The molecule has 1 atom stereocenters. The number of hydrogen-bond donors (Lipinski definition) is 2. The molecule has 1 fully saturated rings. The maximum atomic E-state index is 4.45. The van der Waals surface area contributed by atoms with E-state index in [4.69, 9.17) is 0 Å². The van der Waals surface area contributed by atoms with Crippen LogP contribution in [-0.2, 0) is 0 Å². The lowest BCUT2D eigenvalue weighted by Crippen LogP contribution is -2.34. The molecule has 3 nitrogen and oxygen atoms in total. The first-order valence-corrected chi connectivity index (χ1v) is 6.42. The van der Waals surface area contributed by atoms with E-state index in [1.54, 1.807) is 0 Å². The van der Waals surface area contributed by atoms with Crippen LogP contribution >= 0.6 is 0 Å². The highest BCUT2D eigenvalue weighted by Gasteiger charge is 2.18. The second-order valence-corrected chi connectivity index (χ2v) is 5.12. The summed E-state index contributed by atoms with van der Waals surface area (Å²) in [7, 11) is 0. The Morgan fingerprint density at radius 2 is 2.17 bits per heavy atom. The van der Waals surface area contributed by atoms with E-state index >= 15 is 0 Å². The largest absolute Gasteiger partial charge is 0.376 e. The molecule has 1 aliphatic rings. The molecule has 0 aromatic carbocycles. The third-order valence-electron chi connectivity index (χ3n) is 3.21. The zero-order chi connectivity index (χ0) is 13.1. The molecule has 0 saturated carbocycles. The van der Waals surface area contributed by atoms with Gasteiger partial charge in [0.25, 0.3) is 0 Å². The van der Waals surface area contributed by atoms with Crippen LogP contribution < -0.4 is 10.6 Å². The van der Waals surface area contributed by atoms with Crippen LogP contribution in [0.3, 0.4) is 0 Å². The Balaban J connectivity index is 2.01. The van der Waals surface area contributed by atoms with Crippen molar-refractivity contribution in [1.29, 1.82) is 0 Å².